The molecule has 0 aromatic heterocycles. The van der Waals surface area contributed by atoms with Crippen LogP contribution in [0.5, 0.6) is 0 Å². The molecule has 7 atom stereocenters. The molecule has 0 aromatic rings. The SMILES string of the molecule is C[C@H]1[C@@H]2[C@@H](O)C([C@H](C)C(=O)N3CCCCC3)CC[C@@]2(C)CC[C@@H]1NS(C)(=O)=O. The quantitative estimate of drug-likeness (QED) is 0.739. The second kappa shape index (κ2) is 8.23. The highest BCUT2D eigenvalue weighted by molar-refractivity contribution is 7.88. The number of aliphatic hydroxyl groups is 1. The summed E-state index contributed by atoms with van der Waals surface area (Å²) in [4.78, 5) is 15.0. The molecule has 1 amide bonds. The Morgan fingerprint density at radius 2 is 1.79 bits per heavy atom. The van der Waals surface area contributed by atoms with Crippen LogP contribution in [0, 0.1) is 29.1 Å². The molecule has 1 heterocycles. The number of sulfonamides is 1. The number of piperidine rings is 1. The number of aliphatic hydroxyl groups excluding tert-OH is 1. The zero-order chi connectivity index (χ0) is 20.7. The molecule has 28 heavy (non-hydrogen) atoms. The van der Waals surface area contributed by atoms with E-state index in [9.17, 15) is 18.3 Å². The number of nitrogens with one attached hydrogen (secondary N) is 1. The lowest BCUT2D eigenvalue weighted by atomic mass is 9.52. The topological polar surface area (TPSA) is 86.7 Å². The van der Waals surface area contributed by atoms with E-state index in [2.05, 4.69) is 18.6 Å². The third kappa shape index (κ3) is 4.41. The van der Waals surface area contributed by atoms with Crippen LogP contribution in [0.4, 0.5) is 0 Å². The lowest BCUT2D eigenvalue weighted by Crippen LogP contribution is -2.58. The fourth-order valence-corrected chi connectivity index (χ4v) is 7.20. The Bertz CT molecular complexity index is 676. The predicted octanol–water partition coefficient (Wildman–Crippen LogP) is 2.38. The molecule has 2 N–H and O–H groups in total. The second-order valence-corrected chi connectivity index (χ2v) is 11.7. The van der Waals surface area contributed by atoms with Gasteiger partial charge in [0.05, 0.1) is 12.4 Å². The maximum Gasteiger partial charge on any atom is 0.225 e. The van der Waals surface area contributed by atoms with Crippen molar-refractivity contribution in [1.82, 2.24) is 9.62 Å². The van der Waals surface area contributed by atoms with Gasteiger partial charge in [0.1, 0.15) is 0 Å². The van der Waals surface area contributed by atoms with Crippen LogP contribution in [0.2, 0.25) is 0 Å². The van der Waals surface area contributed by atoms with Crippen LogP contribution in [0.25, 0.3) is 0 Å². The van der Waals surface area contributed by atoms with Gasteiger partial charge in [0.2, 0.25) is 15.9 Å². The lowest BCUT2D eigenvalue weighted by Gasteiger charge is -2.56. The molecule has 1 saturated heterocycles. The summed E-state index contributed by atoms with van der Waals surface area (Å²) in [6, 6.07) is -0.144. The molecule has 1 aliphatic heterocycles. The van der Waals surface area contributed by atoms with Gasteiger partial charge in [0, 0.05) is 25.0 Å². The van der Waals surface area contributed by atoms with Crippen molar-refractivity contribution in [2.24, 2.45) is 29.1 Å². The summed E-state index contributed by atoms with van der Waals surface area (Å²) in [5, 5.41) is 11.4. The van der Waals surface area contributed by atoms with Crippen molar-refractivity contribution in [3.8, 4) is 0 Å². The van der Waals surface area contributed by atoms with Gasteiger partial charge in [0.25, 0.3) is 0 Å². The third-order valence-corrected chi connectivity index (χ3v) is 8.68. The molecule has 0 bridgehead atoms. The van der Waals surface area contributed by atoms with Crippen LogP contribution in [-0.2, 0) is 14.8 Å². The van der Waals surface area contributed by atoms with Gasteiger partial charge >= 0.3 is 0 Å². The molecule has 7 heteroatoms. The molecule has 3 aliphatic rings. The maximum absolute atomic E-state index is 13.0. The number of hydrogen-bond acceptors (Lipinski definition) is 4. The summed E-state index contributed by atoms with van der Waals surface area (Å²) in [5.74, 6) is 0.000995. The van der Waals surface area contributed by atoms with Crippen LogP contribution < -0.4 is 4.72 Å². The highest BCUT2D eigenvalue weighted by Crippen LogP contribution is 2.55. The smallest absolute Gasteiger partial charge is 0.225 e. The number of amides is 1. The van der Waals surface area contributed by atoms with Crippen LogP contribution in [0.15, 0.2) is 0 Å². The number of likely N-dealkylation sites (tertiary alicyclic amines) is 1. The van der Waals surface area contributed by atoms with E-state index in [1.807, 2.05) is 11.8 Å². The number of hydrogen-bond donors (Lipinski definition) is 2. The number of rotatable bonds is 4. The zero-order valence-corrected chi connectivity index (χ0v) is 18.7. The van der Waals surface area contributed by atoms with Crippen molar-refractivity contribution < 1.29 is 18.3 Å². The van der Waals surface area contributed by atoms with E-state index < -0.39 is 16.1 Å². The fourth-order valence-electron chi connectivity index (χ4n) is 6.32. The Hall–Kier alpha value is -0.660. The number of nitrogens with zero attached hydrogens (tertiary/aromatic N) is 1. The molecule has 2 saturated carbocycles. The molecule has 0 radical (unpaired) electrons. The second-order valence-electron chi connectivity index (χ2n) is 9.94. The monoisotopic (exact) mass is 414 g/mol. The van der Waals surface area contributed by atoms with Gasteiger partial charge < -0.3 is 10.0 Å². The van der Waals surface area contributed by atoms with Crippen LogP contribution in [0.1, 0.15) is 65.7 Å². The first-order valence-corrected chi connectivity index (χ1v) is 12.9. The summed E-state index contributed by atoms with van der Waals surface area (Å²) in [6.07, 6.45) is 7.54. The van der Waals surface area contributed by atoms with Gasteiger partial charge in [0.15, 0.2) is 0 Å². The molecule has 6 nitrogen and oxygen atoms in total. The fraction of sp³-hybridized carbons (Fsp3) is 0.952. The van der Waals surface area contributed by atoms with Crippen molar-refractivity contribution in [3.05, 3.63) is 0 Å². The molecule has 0 aromatic carbocycles. The largest absolute Gasteiger partial charge is 0.392 e. The lowest BCUT2D eigenvalue weighted by molar-refractivity contribution is -0.150. The Kier molecular flexibility index (Phi) is 6.47. The maximum atomic E-state index is 13.0. The average molecular weight is 415 g/mol. The van der Waals surface area contributed by atoms with Gasteiger partial charge in [-0.2, -0.15) is 0 Å². The number of fused-ring (bicyclic) bond motifs is 1. The van der Waals surface area contributed by atoms with Crippen LogP contribution >= 0.6 is 0 Å². The minimum absolute atomic E-state index is 0.0101. The first-order valence-electron chi connectivity index (χ1n) is 11.0. The van der Waals surface area contributed by atoms with Crippen molar-refractivity contribution in [1.29, 1.82) is 0 Å². The average Bonchev–Trinajstić information content (AvgIpc) is 2.63. The molecule has 3 fully saturated rings. The van der Waals surface area contributed by atoms with Crippen molar-refractivity contribution in [2.45, 2.75) is 77.9 Å². The molecule has 3 rings (SSSR count). The Morgan fingerprint density at radius 3 is 2.39 bits per heavy atom. The van der Waals surface area contributed by atoms with E-state index in [1.165, 1.54) is 12.7 Å². The van der Waals surface area contributed by atoms with Crippen molar-refractivity contribution in [2.75, 3.05) is 19.3 Å². The summed E-state index contributed by atoms with van der Waals surface area (Å²) in [6.45, 7) is 7.95. The van der Waals surface area contributed by atoms with E-state index in [0.29, 0.717) is 0 Å². The zero-order valence-electron chi connectivity index (χ0n) is 17.9. The number of carbonyl (C=O) groups is 1. The molecular formula is C21H38N2O4S. The van der Waals surface area contributed by atoms with Gasteiger partial charge in [-0.25, -0.2) is 13.1 Å². The van der Waals surface area contributed by atoms with E-state index in [4.69, 9.17) is 0 Å². The normalized spacial score (nSPS) is 40.6. The van der Waals surface area contributed by atoms with Crippen LogP contribution in [0.3, 0.4) is 0 Å². The summed E-state index contributed by atoms with van der Waals surface area (Å²) in [5.41, 5.74) is 0.0128. The standard InChI is InChI=1S/C21H38N2O4S/c1-14(20(25)23-12-6-5-7-13-23)16-8-10-21(3)11-9-17(22-28(4,26)27)15(2)18(21)19(16)24/h14-19,22,24H,5-13H2,1-4H3/t14-,15+,16?,17-,18+,19-,21-/m0/s1. The molecule has 2 aliphatic carbocycles. The minimum atomic E-state index is -3.28. The molecule has 0 spiro atoms. The Morgan fingerprint density at radius 1 is 1.18 bits per heavy atom. The molecule has 162 valence electrons. The summed E-state index contributed by atoms with van der Waals surface area (Å²) >= 11 is 0. The Balaban J connectivity index is 1.76. The predicted molar refractivity (Wildman–Crippen MR) is 110 cm³/mol. The van der Waals surface area contributed by atoms with Gasteiger partial charge in [-0.15, -0.1) is 0 Å². The summed E-state index contributed by atoms with van der Waals surface area (Å²) in [7, 11) is -3.28. The summed E-state index contributed by atoms with van der Waals surface area (Å²) < 4.78 is 26.3. The van der Waals surface area contributed by atoms with E-state index in [1.54, 1.807) is 0 Å². The highest BCUT2D eigenvalue weighted by atomic mass is 32.2. The molecule has 1 unspecified atom stereocenters. The van der Waals surface area contributed by atoms with E-state index in [0.717, 1.165) is 51.6 Å². The highest BCUT2D eigenvalue weighted by Gasteiger charge is 2.54. The van der Waals surface area contributed by atoms with Gasteiger partial charge in [-0.3, -0.25) is 4.79 Å². The van der Waals surface area contributed by atoms with E-state index in [-0.39, 0.29) is 41.0 Å². The van der Waals surface area contributed by atoms with Gasteiger partial charge in [-0.05, 0) is 68.1 Å². The first kappa shape index (κ1) is 22.0. The Labute approximate surface area is 170 Å². The van der Waals surface area contributed by atoms with Crippen LogP contribution in [-0.4, -0.2) is 55.8 Å². The van der Waals surface area contributed by atoms with Gasteiger partial charge in [-0.1, -0.05) is 20.8 Å². The van der Waals surface area contributed by atoms with E-state index >= 15 is 0 Å². The van der Waals surface area contributed by atoms with Crippen molar-refractivity contribution in [3.63, 3.8) is 0 Å². The first-order chi connectivity index (χ1) is 13.0. The third-order valence-electron chi connectivity index (χ3n) is 7.95. The molecular weight excluding hydrogens is 376 g/mol. The minimum Gasteiger partial charge on any atom is -0.392 e. The van der Waals surface area contributed by atoms with Crippen molar-refractivity contribution >= 4 is 15.9 Å². The number of carbonyl (C=O) groups excluding carboxylic acids is 1.